The highest BCUT2D eigenvalue weighted by molar-refractivity contribution is 8.01. The van der Waals surface area contributed by atoms with E-state index in [0.717, 1.165) is 0 Å². The van der Waals surface area contributed by atoms with Crippen molar-refractivity contribution in [1.82, 2.24) is 0 Å². The lowest BCUT2D eigenvalue weighted by atomic mass is 10.2. The van der Waals surface area contributed by atoms with Gasteiger partial charge in [-0.1, -0.05) is 13.0 Å². The van der Waals surface area contributed by atoms with Crippen LogP contribution in [0.15, 0.2) is 29.2 Å². The molecule has 0 radical (unpaired) electrons. The Morgan fingerprint density at radius 3 is 2.70 bits per heavy atom. The number of carboxylic acid groups (broad SMARTS) is 1. The van der Waals surface area contributed by atoms with Crippen molar-refractivity contribution in [3.63, 3.8) is 0 Å². The van der Waals surface area contributed by atoms with E-state index in [1.165, 1.54) is 36.0 Å². The number of carboxylic acids is 1. The van der Waals surface area contributed by atoms with E-state index in [9.17, 15) is 13.2 Å². The third-order valence-corrected chi connectivity index (χ3v) is 5.95. The number of hydrogen-bond donors (Lipinski definition) is 2. The molecule has 1 aromatic carbocycles. The lowest BCUT2D eigenvalue weighted by molar-refractivity contribution is 0.0696. The second kappa shape index (κ2) is 7.66. The van der Waals surface area contributed by atoms with Crippen molar-refractivity contribution in [2.75, 3.05) is 18.1 Å². The third-order valence-electron chi connectivity index (χ3n) is 2.73. The van der Waals surface area contributed by atoms with E-state index < -0.39 is 15.8 Å². The normalized spacial score (nSPS) is 13.1. The van der Waals surface area contributed by atoms with E-state index in [1.54, 1.807) is 0 Å². The fourth-order valence-electron chi connectivity index (χ4n) is 1.56. The van der Waals surface area contributed by atoms with Crippen LogP contribution in [-0.2, 0) is 9.84 Å². The molecule has 0 amide bonds. The summed E-state index contributed by atoms with van der Waals surface area (Å²) >= 11 is 1.48. The number of thioether (sulfide) groups is 1. The topological polar surface area (TPSA) is 91.7 Å². The van der Waals surface area contributed by atoms with Gasteiger partial charge in [-0.3, -0.25) is 0 Å². The molecular weight excluding hydrogens is 300 g/mol. The summed E-state index contributed by atoms with van der Waals surface area (Å²) in [5.74, 6) is -0.773. The number of benzene rings is 1. The highest BCUT2D eigenvalue weighted by Crippen LogP contribution is 2.18. The molecule has 5 nitrogen and oxygen atoms in total. The van der Waals surface area contributed by atoms with Crippen LogP contribution in [0.5, 0.6) is 0 Å². The summed E-state index contributed by atoms with van der Waals surface area (Å²) in [5, 5.41) is 17.8. The minimum absolute atomic E-state index is 0.0348. The highest BCUT2D eigenvalue weighted by Gasteiger charge is 2.16. The maximum absolute atomic E-state index is 12.1. The zero-order valence-corrected chi connectivity index (χ0v) is 12.8. The molecule has 0 fully saturated rings. The maximum atomic E-state index is 12.1. The smallest absolute Gasteiger partial charge is 0.335 e. The zero-order valence-electron chi connectivity index (χ0n) is 11.2. The van der Waals surface area contributed by atoms with Crippen LogP contribution in [0.2, 0.25) is 0 Å². The zero-order chi connectivity index (χ0) is 15.2. The predicted octanol–water partition coefficient (Wildman–Crippen LogP) is 1.66. The maximum Gasteiger partial charge on any atom is 0.335 e. The monoisotopic (exact) mass is 318 g/mol. The van der Waals surface area contributed by atoms with Gasteiger partial charge in [0.15, 0.2) is 9.84 Å². The van der Waals surface area contributed by atoms with Crippen molar-refractivity contribution in [3.05, 3.63) is 29.8 Å². The molecule has 7 heteroatoms. The Kier molecular flexibility index (Phi) is 6.51. The van der Waals surface area contributed by atoms with Crippen LogP contribution in [0, 0.1) is 0 Å². The number of sulfone groups is 1. The van der Waals surface area contributed by atoms with Gasteiger partial charge in [0, 0.05) is 17.6 Å². The van der Waals surface area contributed by atoms with E-state index in [4.69, 9.17) is 10.2 Å². The molecule has 0 aromatic heterocycles. The van der Waals surface area contributed by atoms with Gasteiger partial charge < -0.3 is 10.2 Å². The highest BCUT2D eigenvalue weighted by atomic mass is 32.2. The predicted molar refractivity (Wildman–Crippen MR) is 79.1 cm³/mol. The molecule has 20 heavy (non-hydrogen) atoms. The average molecular weight is 318 g/mol. The van der Waals surface area contributed by atoms with Gasteiger partial charge in [0.25, 0.3) is 0 Å². The first kappa shape index (κ1) is 17.0. The van der Waals surface area contributed by atoms with Crippen LogP contribution in [-0.4, -0.2) is 48.0 Å². The minimum Gasteiger partial charge on any atom is -0.478 e. The molecule has 1 aromatic rings. The average Bonchev–Trinajstić information content (AvgIpc) is 2.39. The van der Waals surface area contributed by atoms with Crippen molar-refractivity contribution in [2.45, 2.75) is 23.5 Å². The third kappa shape index (κ3) is 5.15. The van der Waals surface area contributed by atoms with Crippen LogP contribution >= 0.6 is 11.8 Å². The molecule has 2 N–H and O–H groups in total. The van der Waals surface area contributed by atoms with E-state index >= 15 is 0 Å². The lowest BCUT2D eigenvalue weighted by Gasteiger charge is -2.09. The standard InChI is InChI=1S/C13H18O5S2/c1-10(5-6-14)19-7-8-20(17,18)12-4-2-3-11(9-12)13(15)16/h2-4,9-10,14H,5-8H2,1H3,(H,15,16). The summed E-state index contributed by atoms with van der Waals surface area (Å²) in [6.07, 6.45) is 0.624. The number of aliphatic hydroxyl groups excluding tert-OH is 1. The summed E-state index contributed by atoms with van der Waals surface area (Å²) in [5.41, 5.74) is -0.0348. The van der Waals surface area contributed by atoms with E-state index in [-0.39, 0.29) is 28.1 Å². The van der Waals surface area contributed by atoms with Crippen molar-refractivity contribution in [2.24, 2.45) is 0 Å². The number of rotatable bonds is 8. The van der Waals surface area contributed by atoms with Crippen molar-refractivity contribution < 1.29 is 23.4 Å². The molecule has 0 aliphatic heterocycles. The van der Waals surface area contributed by atoms with Gasteiger partial charge in [0.05, 0.1) is 16.2 Å². The Labute approximate surface area is 122 Å². The fourth-order valence-corrected chi connectivity index (χ4v) is 4.33. The number of carbonyl (C=O) groups is 1. The second-order valence-electron chi connectivity index (χ2n) is 4.35. The van der Waals surface area contributed by atoms with Crippen LogP contribution in [0.25, 0.3) is 0 Å². The summed E-state index contributed by atoms with van der Waals surface area (Å²) < 4.78 is 24.2. The number of aromatic carboxylic acids is 1. The molecule has 0 saturated heterocycles. The Morgan fingerprint density at radius 1 is 1.40 bits per heavy atom. The molecule has 1 rings (SSSR count). The van der Waals surface area contributed by atoms with Crippen LogP contribution in [0.4, 0.5) is 0 Å². The first-order valence-corrected chi connectivity index (χ1v) is 8.85. The lowest BCUT2D eigenvalue weighted by Crippen LogP contribution is -2.12. The van der Waals surface area contributed by atoms with Gasteiger partial charge in [-0.25, -0.2) is 13.2 Å². The first-order chi connectivity index (χ1) is 9.36. The summed E-state index contributed by atoms with van der Waals surface area (Å²) in [4.78, 5) is 10.9. The van der Waals surface area contributed by atoms with Gasteiger partial charge in [-0.2, -0.15) is 11.8 Å². The van der Waals surface area contributed by atoms with Crippen molar-refractivity contribution in [3.8, 4) is 0 Å². The molecular formula is C13H18O5S2. The van der Waals surface area contributed by atoms with E-state index in [2.05, 4.69) is 0 Å². The number of aliphatic hydroxyl groups is 1. The minimum atomic E-state index is -3.47. The summed E-state index contributed by atoms with van der Waals surface area (Å²) in [7, 11) is -3.47. The van der Waals surface area contributed by atoms with Crippen molar-refractivity contribution in [1.29, 1.82) is 0 Å². The Balaban J connectivity index is 2.69. The van der Waals surface area contributed by atoms with Crippen LogP contribution in [0.1, 0.15) is 23.7 Å². The van der Waals surface area contributed by atoms with Crippen LogP contribution in [0.3, 0.4) is 0 Å². The Bertz CT molecular complexity index is 554. The number of hydrogen-bond acceptors (Lipinski definition) is 5. The van der Waals surface area contributed by atoms with Crippen LogP contribution < -0.4 is 0 Å². The Hall–Kier alpha value is -1.05. The summed E-state index contributed by atoms with van der Waals surface area (Å²) in [6, 6.07) is 5.38. The van der Waals surface area contributed by atoms with Gasteiger partial charge in [-0.15, -0.1) is 0 Å². The molecule has 0 bridgehead atoms. The Morgan fingerprint density at radius 2 is 2.10 bits per heavy atom. The molecule has 0 spiro atoms. The summed E-state index contributed by atoms with van der Waals surface area (Å²) in [6.45, 7) is 2.01. The molecule has 1 unspecified atom stereocenters. The van der Waals surface area contributed by atoms with Gasteiger partial charge in [-0.05, 0) is 24.6 Å². The molecule has 0 saturated carbocycles. The molecule has 0 aliphatic rings. The van der Waals surface area contributed by atoms with Gasteiger partial charge in [0.2, 0.25) is 0 Å². The molecule has 0 heterocycles. The second-order valence-corrected chi connectivity index (χ2v) is 8.00. The van der Waals surface area contributed by atoms with E-state index in [1.807, 2.05) is 6.92 Å². The molecule has 112 valence electrons. The van der Waals surface area contributed by atoms with Gasteiger partial charge >= 0.3 is 5.97 Å². The first-order valence-electron chi connectivity index (χ1n) is 6.15. The molecule has 1 atom stereocenters. The largest absolute Gasteiger partial charge is 0.478 e. The van der Waals surface area contributed by atoms with Crippen molar-refractivity contribution >= 4 is 27.6 Å². The fraction of sp³-hybridized carbons (Fsp3) is 0.462. The quantitative estimate of drug-likeness (QED) is 0.757. The molecule has 0 aliphatic carbocycles. The SMILES string of the molecule is CC(CCO)SCCS(=O)(=O)c1cccc(C(=O)O)c1. The van der Waals surface area contributed by atoms with E-state index in [0.29, 0.717) is 12.2 Å². The van der Waals surface area contributed by atoms with Gasteiger partial charge in [0.1, 0.15) is 0 Å².